The van der Waals surface area contributed by atoms with E-state index in [1.54, 1.807) is 0 Å². The minimum Gasteiger partial charge on any atom is -0.311 e. The molecule has 1 aromatic rings. The second-order valence-corrected chi connectivity index (χ2v) is 5.48. The zero-order valence-corrected chi connectivity index (χ0v) is 12.0. The van der Waals surface area contributed by atoms with Gasteiger partial charge < -0.3 is 4.90 Å². The molecule has 3 heteroatoms. The summed E-state index contributed by atoms with van der Waals surface area (Å²) in [6.07, 6.45) is 2.85. The number of nitrogens with zero attached hydrogens (tertiary/aromatic N) is 1. The lowest BCUT2D eigenvalue weighted by Crippen LogP contribution is -2.29. The summed E-state index contributed by atoms with van der Waals surface area (Å²) in [4.78, 5) is 14.1. The number of amides is 1. The van der Waals surface area contributed by atoms with Gasteiger partial charge in [-0.05, 0) is 30.4 Å². The summed E-state index contributed by atoms with van der Waals surface area (Å²) in [6, 6.07) is 6.35. The van der Waals surface area contributed by atoms with E-state index in [4.69, 9.17) is 0 Å². The highest BCUT2D eigenvalue weighted by molar-refractivity contribution is 9.10. The molecule has 1 heterocycles. The maximum absolute atomic E-state index is 12.1. The van der Waals surface area contributed by atoms with Gasteiger partial charge in [0.05, 0.1) is 4.83 Å². The molecular formula is C14H18BrNO. The fraction of sp³-hybridized carbons (Fsp3) is 0.500. The van der Waals surface area contributed by atoms with Crippen LogP contribution in [-0.4, -0.2) is 17.3 Å². The Kier molecular flexibility index (Phi) is 3.87. The molecule has 1 atom stereocenters. The highest BCUT2D eigenvalue weighted by Gasteiger charge is 2.32. The van der Waals surface area contributed by atoms with Crippen molar-refractivity contribution in [3.8, 4) is 0 Å². The van der Waals surface area contributed by atoms with Gasteiger partial charge in [0.25, 0.3) is 0 Å². The number of carbonyl (C=O) groups is 1. The lowest BCUT2D eigenvalue weighted by molar-refractivity contribution is -0.116. The monoisotopic (exact) mass is 295 g/mol. The maximum Gasteiger partial charge on any atom is 0.240 e. The first kappa shape index (κ1) is 12.6. The molecule has 2 nitrogen and oxygen atoms in total. The first-order valence-corrected chi connectivity index (χ1v) is 7.16. The predicted octanol–water partition coefficient (Wildman–Crippen LogP) is 3.31. The van der Waals surface area contributed by atoms with Gasteiger partial charge in [0.2, 0.25) is 5.91 Å². The Morgan fingerprint density at radius 1 is 1.29 bits per heavy atom. The Bertz CT molecular complexity index is 408. The molecule has 1 aliphatic heterocycles. The number of anilines is 1. The third kappa shape index (κ3) is 2.25. The van der Waals surface area contributed by atoms with Crippen molar-refractivity contribution in [2.45, 2.75) is 37.9 Å². The van der Waals surface area contributed by atoms with Crippen molar-refractivity contribution in [3.05, 3.63) is 29.3 Å². The highest BCUT2D eigenvalue weighted by atomic mass is 79.9. The third-order valence-corrected chi connectivity index (χ3v) is 4.22. The van der Waals surface area contributed by atoms with E-state index in [0.717, 1.165) is 31.5 Å². The van der Waals surface area contributed by atoms with E-state index in [9.17, 15) is 4.79 Å². The Labute approximate surface area is 111 Å². The minimum atomic E-state index is -0.00267. The number of alkyl halides is 1. The summed E-state index contributed by atoms with van der Waals surface area (Å²) in [5.41, 5.74) is 3.71. The van der Waals surface area contributed by atoms with Gasteiger partial charge in [-0.3, -0.25) is 4.79 Å². The Hall–Kier alpha value is -0.830. The van der Waals surface area contributed by atoms with Crippen molar-refractivity contribution in [1.82, 2.24) is 0 Å². The van der Waals surface area contributed by atoms with E-state index in [-0.39, 0.29) is 10.7 Å². The summed E-state index contributed by atoms with van der Waals surface area (Å²) >= 11 is 3.44. The molecule has 1 unspecified atom stereocenters. The number of benzene rings is 1. The molecule has 17 heavy (non-hydrogen) atoms. The van der Waals surface area contributed by atoms with Crippen LogP contribution in [0.15, 0.2) is 18.2 Å². The largest absolute Gasteiger partial charge is 0.311 e. The molecule has 0 aliphatic carbocycles. The molecule has 0 aromatic heterocycles. The van der Waals surface area contributed by atoms with Crippen molar-refractivity contribution < 1.29 is 4.79 Å². The van der Waals surface area contributed by atoms with E-state index in [1.165, 1.54) is 11.1 Å². The molecule has 0 bridgehead atoms. The molecule has 0 radical (unpaired) electrons. The van der Waals surface area contributed by atoms with Crippen LogP contribution in [0.2, 0.25) is 0 Å². The molecule has 0 N–H and O–H groups in total. The third-order valence-electron chi connectivity index (χ3n) is 3.38. The van der Waals surface area contributed by atoms with E-state index >= 15 is 0 Å². The number of aryl methyl sites for hydroxylation is 2. The predicted molar refractivity (Wildman–Crippen MR) is 74.9 cm³/mol. The van der Waals surface area contributed by atoms with Crippen LogP contribution in [0, 0.1) is 0 Å². The Balaban J connectivity index is 2.46. The van der Waals surface area contributed by atoms with Gasteiger partial charge in [0.1, 0.15) is 0 Å². The summed E-state index contributed by atoms with van der Waals surface area (Å²) in [7, 11) is 0. The van der Waals surface area contributed by atoms with Gasteiger partial charge in [0, 0.05) is 12.2 Å². The fourth-order valence-corrected chi connectivity index (χ4v) is 2.88. The Morgan fingerprint density at radius 2 is 1.88 bits per heavy atom. The first-order valence-electron chi connectivity index (χ1n) is 6.25. The van der Waals surface area contributed by atoms with E-state index in [0.29, 0.717) is 0 Å². The van der Waals surface area contributed by atoms with E-state index < -0.39 is 0 Å². The average molecular weight is 296 g/mol. The fourth-order valence-electron chi connectivity index (χ4n) is 2.43. The number of halogens is 1. The normalized spacial score (nSPS) is 20.1. The standard InChI is InChI=1S/C14H18BrNO/c1-3-10-6-5-7-11(4-2)13(10)16-9-8-12(15)14(16)17/h5-7,12H,3-4,8-9H2,1-2H3. The molecule has 1 aromatic carbocycles. The maximum atomic E-state index is 12.1. The molecule has 1 amide bonds. The van der Waals surface area contributed by atoms with E-state index in [1.807, 2.05) is 4.90 Å². The quantitative estimate of drug-likeness (QED) is 0.784. The highest BCUT2D eigenvalue weighted by Crippen LogP contribution is 2.32. The van der Waals surface area contributed by atoms with Crippen LogP contribution in [0.25, 0.3) is 0 Å². The van der Waals surface area contributed by atoms with Crippen molar-refractivity contribution in [2.24, 2.45) is 0 Å². The van der Waals surface area contributed by atoms with Crippen LogP contribution < -0.4 is 4.90 Å². The smallest absolute Gasteiger partial charge is 0.240 e. The number of hydrogen-bond acceptors (Lipinski definition) is 1. The van der Waals surface area contributed by atoms with Gasteiger partial charge in [-0.2, -0.15) is 0 Å². The van der Waals surface area contributed by atoms with Crippen molar-refractivity contribution in [2.75, 3.05) is 11.4 Å². The zero-order valence-electron chi connectivity index (χ0n) is 10.4. The second-order valence-electron chi connectivity index (χ2n) is 4.38. The topological polar surface area (TPSA) is 20.3 Å². The number of rotatable bonds is 3. The summed E-state index contributed by atoms with van der Waals surface area (Å²) in [5, 5.41) is 0. The molecule has 1 aliphatic rings. The minimum absolute atomic E-state index is 0.00267. The van der Waals surface area contributed by atoms with Crippen LogP contribution in [0.3, 0.4) is 0 Å². The average Bonchev–Trinajstić information content (AvgIpc) is 2.69. The molecule has 1 saturated heterocycles. The van der Waals surface area contributed by atoms with Gasteiger partial charge >= 0.3 is 0 Å². The SMILES string of the molecule is CCc1cccc(CC)c1N1CCC(Br)C1=O. The van der Waals surface area contributed by atoms with E-state index in [2.05, 4.69) is 48.0 Å². The molecule has 0 spiro atoms. The van der Waals surface area contributed by atoms with Gasteiger partial charge in [0.15, 0.2) is 0 Å². The Morgan fingerprint density at radius 3 is 2.29 bits per heavy atom. The molecule has 0 saturated carbocycles. The number of para-hydroxylation sites is 1. The zero-order chi connectivity index (χ0) is 12.4. The molecule has 2 rings (SSSR count). The molecule has 1 fully saturated rings. The van der Waals surface area contributed by atoms with Gasteiger partial charge in [-0.15, -0.1) is 0 Å². The summed E-state index contributed by atoms with van der Waals surface area (Å²) in [5.74, 6) is 0.209. The summed E-state index contributed by atoms with van der Waals surface area (Å²) < 4.78 is 0. The van der Waals surface area contributed by atoms with Gasteiger partial charge in [-0.25, -0.2) is 0 Å². The van der Waals surface area contributed by atoms with Crippen molar-refractivity contribution >= 4 is 27.5 Å². The number of carbonyl (C=O) groups excluding carboxylic acids is 1. The van der Waals surface area contributed by atoms with Crippen LogP contribution in [-0.2, 0) is 17.6 Å². The van der Waals surface area contributed by atoms with Crippen molar-refractivity contribution in [1.29, 1.82) is 0 Å². The van der Waals surface area contributed by atoms with Gasteiger partial charge in [-0.1, -0.05) is 48.0 Å². The first-order chi connectivity index (χ1) is 8.19. The molecule has 92 valence electrons. The van der Waals surface area contributed by atoms with Crippen LogP contribution in [0.5, 0.6) is 0 Å². The molecular weight excluding hydrogens is 278 g/mol. The van der Waals surface area contributed by atoms with Crippen LogP contribution in [0.4, 0.5) is 5.69 Å². The van der Waals surface area contributed by atoms with Crippen LogP contribution >= 0.6 is 15.9 Å². The lowest BCUT2D eigenvalue weighted by Gasteiger charge is -2.23. The lowest BCUT2D eigenvalue weighted by atomic mass is 10.0. The second kappa shape index (κ2) is 5.21. The van der Waals surface area contributed by atoms with Crippen molar-refractivity contribution in [3.63, 3.8) is 0 Å². The number of hydrogen-bond donors (Lipinski definition) is 0. The summed E-state index contributed by atoms with van der Waals surface area (Å²) in [6.45, 7) is 5.12. The van der Waals surface area contributed by atoms with Crippen LogP contribution in [0.1, 0.15) is 31.4 Å².